The molecule has 3 heterocycles. The van der Waals surface area contributed by atoms with Crippen molar-refractivity contribution in [2.45, 2.75) is 109 Å². The Morgan fingerprint density at radius 2 is 1.81 bits per heavy atom. The van der Waals surface area contributed by atoms with Crippen LogP contribution in [0.1, 0.15) is 47.5 Å². The molecule has 7 nitrogen and oxygen atoms in total. The zero-order valence-corrected chi connectivity index (χ0v) is 21.7. The minimum Gasteiger partial charge on any atom is -0.456 e. The number of hydrogen-bond acceptors (Lipinski definition) is 7. The lowest BCUT2D eigenvalue weighted by Crippen LogP contribution is -2.46. The molecule has 0 bridgehead atoms. The van der Waals surface area contributed by atoms with Crippen LogP contribution in [-0.4, -0.2) is 62.9 Å². The van der Waals surface area contributed by atoms with Gasteiger partial charge < -0.3 is 28.4 Å². The maximum absolute atomic E-state index is 13.2. The van der Waals surface area contributed by atoms with Crippen molar-refractivity contribution in [3.8, 4) is 11.5 Å². The van der Waals surface area contributed by atoms with Crippen LogP contribution in [0.4, 0.5) is 0 Å². The van der Waals surface area contributed by atoms with Gasteiger partial charge >= 0.3 is 5.97 Å². The smallest absolute Gasteiger partial charge is 0.313 e. The van der Waals surface area contributed by atoms with Gasteiger partial charge in [0.2, 0.25) is 0 Å². The quantitative estimate of drug-likeness (QED) is 0.255. The van der Waals surface area contributed by atoms with Gasteiger partial charge in [0.05, 0.1) is 12.5 Å². The van der Waals surface area contributed by atoms with Gasteiger partial charge in [0.1, 0.15) is 20.3 Å². The highest BCUT2D eigenvalue weighted by Crippen LogP contribution is 2.42. The first kappa shape index (κ1) is 25.4. The molecule has 180 valence electrons. The van der Waals surface area contributed by atoms with Crippen LogP contribution in [-0.2, 0) is 33.2 Å². The Hall–Kier alpha value is -1.21. The van der Waals surface area contributed by atoms with Crippen LogP contribution < -0.4 is 0 Å². The normalized spacial score (nSPS) is 33.8. The van der Waals surface area contributed by atoms with Crippen LogP contribution in [0.25, 0.3) is 0 Å². The van der Waals surface area contributed by atoms with Gasteiger partial charge in [0.15, 0.2) is 30.1 Å². The van der Waals surface area contributed by atoms with Crippen molar-refractivity contribution in [3.63, 3.8) is 0 Å². The molecule has 0 radical (unpaired) electrons. The average Bonchev–Trinajstić information content (AvgIpc) is 3.23. The van der Waals surface area contributed by atoms with E-state index in [2.05, 4.69) is 37.7 Å². The van der Waals surface area contributed by atoms with E-state index in [0.717, 1.165) is 5.57 Å². The van der Waals surface area contributed by atoms with E-state index in [-0.39, 0.29) is 5.97 Å². The van der Waals surface area contributed by atoms with Crippen molar-refractivity contribution < 1.29 is 33.2 Å². The Morgan fingerprint density at radius 3 is 2.38 bits per heavy atom. The summed E-state index contributed by atoms with van der Waals surface area (Å²) in [6.07, 6.45) is -1.61. The van der Waals surface area contributed by atoms with Gasteiger partial charge in [-0.1, -0.05) is 31.8 Å². The van der Waals surface area contributed by atoms with Crippen LogP contribution >= 0.6 is 0 Å². The van der Waals surface area contributed by atoms with Gasteiger partial charge in [0.25, 0.3) is 0 Å². The maximum Gasteiger partial charge on any atom is 0.313 e. The van der Waals surface area contributed by atoms with Gasteiger partial charge in [-0.15, -0.1) is 11.5 Å². The number of carbonyl (C=O) groups is 1. The summed E-state index contributed by atoms with van der Waals surface area (Å²) in [6.45, 7) is 20.1. The number of fused-ring (bicyclic) bond motifs is 1. The summed E-state index contributed by atoms with van der Waals surface area (Å²) in [4.78, 5) is 13.2. The second kappa shape index (κ2) is 9.20. The topological polar surface area (TPSA) is 72.5 Å². The summed E-state index contributed by atoms with van der Waals surface area (Å²) in [5.74, 6) is 0.884. The van der Waals surface area contributed by atoms with Crippen LogP contribution in [0.2, 0.25) is 19.6 Å². The van der Waals surface area contributed by atoms with Gasteiger partial charge in [0, 0.05) is 6.42 Å². The standard InChI is InChI=1S/C24H38O7Si/c1-15(2)16(12-10-11-13-32(7,8)9)21(25)27-19-18(17-14-26-23(3,4)29-17)28-22-20(19)30-24(5,6)31-22/h16-20,22H,1,10,12,14H2,2-9H3/t16-,17-,18-,19-,20-,22-/m1/s1. The molecule has 3 rings (SSSR count). The lowest BCUT2D eigenvalue weighted by atomic mass is 9.96. The van der Waals surface area contributed by atoms with Crippen molar-refractivity contribution >= 4 is 14.0 Å². The van der Waals surface area contributed by atoms with Crippen LogP contribution in [0.5, 0.6) is 0 Å². The molecule has 0 spiro atoms. The minimum absolute atomic E-state index is 0.338. The van der Waals surface area contributed by atoms with Gasteiger partial charge in [-0.2, -0.15) is 0 Å². The Labute approximate surface area is 193 Å². The Kier molecular flexibility index (Phi) is 7.31. The molecular weight excluding hydrogens is 428 g/mol. The first-order chi connectivity index (χ1) is 14.7. The van der Waals surface area contributed by atoms with E-state index in [1.807, 2.05) is 34.6 Å². The lowest BCUT2D eigenvalue weighted by Gasteiger charge is -2.29. The first-order valence-electron chi connectivity index (χ1n) is 11.4. The second-order valence-corrected chi connectivity index (χ2v) is 15.6. The van der Waals surface area contributed by atoms with Crippen molar-refractivity contribution in [1.82, 2.24) is 0 Å². The van der Waals surface area contributed by atoms with Crippen LogP contribution in [0, 0.1) is 17.4 Å². The summed E-state index contributed by atoms with van der Waals surface area (Å²) in [5.41, 5.74) is 4.09. The fourth-order valence-corrected chi connectivity index (χ4v) is 4.80. The highest BCUT2D eigenvalue weighted by Gasteiger charge is 2.60. The van der Waals surface area contributed by atoms with Crippen LogP contribution in [0.3, 0.4) is 0 Å². The Balaban J connectivity index is 1.73. The molecule has 3 aliphatic rings. The molecular formula is C24H38O7Si. The van der Waals surface area contributed by atoms with Crippen molar-refractivity contribution in [3.05, 3.63) is 12.2 Å². The molecule has 0 aromatic rings. The van der Waals surface area contributed by atoms with E-state index >= 15 is 0 Å². The predicted octanol–water partition coefficient (Wildman–Crippen LogP) is 3.78. The highest BCUT2D eigenvalue weighted by molar-refractivity contribution is 6.83. The van der Waals surface area contributed by atoms with Gasteiger partial charge in [-0.3, -0.25) is 4.79 Å². The maximum atomic E-state index is 13.2. The second-order valence-electron chi connectivity index (χ2n) is 10.8. The van der Waals surface area contributed by atoms with Crippen molar-refractivity contribution in [1.29, 1.82) is 0 Å². The number of ether oxygens (including phenoxy) is 6. The van der Waals surface area contributed by atoms with E-state index in [9.17, 15) is 4.79 Å². The van der Waals surface area contributed by atoms with Gasteiger partial charge in [-0.05, 0) is 41.0 Å². The lowest BCUT2D eigenvalue weighted by molar-refractivity contribution is -0.235. The summed E-state index contributed by atoms with van der Waals surface area (Å²) in [6, 6.07) is 0. The SMILES string of the molecule is C=C(C)[C@@H](CCC#C[Si](C)(C)C)C(=O)O[C@H]1[C@H]2OC(C)(C)O[C@H]2O[C@@H]1[C@H]1COC(C)(C)O1. The third-order valence-electron chi connectivity index (χ3n) is 5.58. The number of rotatable bonds is 6. The molecule has 3 aliphatic heterocycles. The summed E-state index contributed by atoms with van der Waals surface area (Å²) >= 11 is 0. The molecule has 0 N–H and O–H groups in total. The molecule has 0 unspecified atom stereocenters. The Bertz CT molecular complexity index is 788. The molecule has 32 heavy (non-hydrogen) atoms. The molecule has 8 heteroatoms. The van der Waals surface area contributed by atoms with Crippen molar-refractivity contribution in [2.75, 3.05) is 6.61 Å². The zero-order chi connectivity index (χ0) is 23.9. The number of hydrogen-bond donors (Lipinski definition) is 0. The van der Waals surface area contributed by atoms with Crippen molar-refractivity contribution in [2.24, 2.45) is 5.92 Å². The third kappa shape index (κ3) is 6.22. The molecule has 0 aromatic carbocycles. The zero-order valence-electron chi connectivity index (χ0n) is 20.7. The highest BCUT2D eigenvalue weighted by atomic mass is 28.3. The summed E-state index contributed by atoms with van der Waals surface area (Å²) in [5, 5.41) is 0. The number of carbonyl (C=O) groups excluding carboxylic acids is 1. The fraction of sp³-hybridized carbons (Fsp3) is 0.792. The monoisotopic (exact) mass is 466 g/mol. The van der Waals surface area contributed by atoms with Gasteiger partial charge in [-0.25, -0.2) is 0 Å². The molecule has 3 fully saturated rings. The minimum atomic E-state index is -1.45. The molecule has 0 aromatic heterocycles. The molecule has 0 saturated carbocycles. The average molecular weight is 467 g/mol. The molecule has 0 aliphatic carbocycles. The summed E-state index contributed by atoms with van der Waals surface area (Å²) in [7, 11) is -1.45. The summed E-state index contributed by atoms with van der Waals surface area (Å²) < 4.78 is 35.8. The van der Waals surface area contributed by atoms with E-state index < -0.39 is 56.3 Å². The van der Waals surface area contributed by atoms with Crippen LogP contribution in [0.15, 0.2) is 12.2 Å². The largest absolute Gasteiger partial charge is 0.456 e. The molecule has 3 saturated heterocycles. The number of esters is 1. The first-order valence-corrected chi connectivity index (χ1v) is 14.9. The van der Waals surface area contributed by atoms with E-state index in [1.165, 1.54) is 0 Å². The third-order valence-corrected chi connectivity index (χ3v) is 6.50. The van der Waals surface area contributed by atoms with E-state index in [1.54, 1.807) is 0 Å². The molecule has 0 amide bonds. The van der Waals surface area contributed by atoms with E-state index in [0.29, 0.717) is 19.4 Å². The predicted molar refractivity (Wildman–Crippen MR) is 122 cm³/mol. The Morgan fingerprint density at radius 1 is 1.12 bits per heavy atom. The van der Waals surface area contributed by atoms with E-state index in [4.69, 9.17) is 28.4 Å². The molecule has 6 atom stereocenters. The fourth-order valence-electron chi connectivity index (χ4n) is 4.14.